The number of carbonyl (C=O) groups excluding carboxylic acids is 1. The molecule has 1 rings (SSSR count). The molecule has 0 spiro atoms. The highest BCUT2D eigenvalue weighted by Crippen LogP contribution is 2.48. The van der Waals surface area contributed by atoms with E-state index in [0.717, 1.165) is 0 Å². The van der Waals surface area contributed by atoms with Gasteiger partial charge >= 0.3 is 39.6 Å². The molecule has 0 radical (unpaired) electrons. The molecule has 0 aromatic rings. The minimum Gasteiger partial charge on any atom is -0.455 e. The van der Waals surface area contributed by atoms with Crippen molar-refractivity contribution in [2.45, 2.75) is 80.2 Å². The highest BCUT2D eigenvalue weighted by Gasteiger charge is 2.75. The molecule has 1 saturated carbocycles. The SMILES string of the molecule is C=C(COCCC(F)(F)C(F)(F)S(=O)(=O)O)C(=O)OC(CC1CCCCC1)C(O)(C(F)(F)F)C(F)(F)F. The van der Waals surface area contributed by atoms with Crippen LogP contribution in [0.2, 0.25) is 0 Å². The fourth-order valence-electron chi connectivity index (χ4n) is 3.56. The Kier molecular flexibility index (Phi) is 10.5. The smallest absolute Gasteiger partial charge is 0.431 e. The third-order valence-electron chi connectivity index (χ3n) is 5.73. The number of aliphatic hydroxyl groups is 1. The molecule has 0 aromatic carbocycles. The molecule has 0 bridgehead atoms. The average molecular weight is 586 g/mol. The summed E-state index contributed by atoms with van der Waals surface area (Å²) in [6.45, 7) is 0.347. The zero-order chi connectivity index (χ0) is 29.1. The Morgan fingerprint density at radius 2 is 1.43 bits per heavy atom. The van der Waals surface area contributed by atoms with E-state index in [2.05, 4.69) is 16.1 Å². The Labute approximate surface area is 204 Å². The summed E-state index contributed by atoms with van der Waals surface area (Å²) in [6, 6.07) is 0. The van der Waals surface area contributed by atoms with Gasteiger partial charge in [-0.25, -0.2) is 4.79 Å². The zero-order valence-electron chi connectivity index (χ0n) is 18.8. The molecular formula is C19H24F10O7S. The van der Waals surface area contributed by atoms with E-state index >= 15 is 0 Å². The lowest BCUT2D eigenvalue weighted by Crippen LogP contribution is -2.65. The van der Waals surface area contributed by atoms with E-state index in [0.29, 0.717) is 19.3 Å². The van der Waals surface area contributed by atoms with Crippen molar-refractivity contribution in [3.63, 3.8) is 0 Å². The fraction of sp³-hybridized carbons (Fsp3) is 0.842. The van der Waals surface area contributed by atoms with E-state index in [-0.39, 0.29) is 12.8 Å². The molecule has 18 heteroatoms. The topological polar surface area (TPSA) is 110 Å². The molecule has 0 heterocycles. The average Bonchev–Trinajstić information content (AvgIpc) is 2.73. The lowest BCUT2D eigenvalue weighted by molar-refractivity contribution is -0.392. The first-order valence-electron chi connectivity index (χ1n) is 10.5. The summed E-state index contributed by atoms with van der Waals surface area (Å²) in [4.78, 5) is 12.1. The summed E-state index contributed by atoms with van der Waals surface area (Å²) in [5.74, 6) is -8.05. The molecule has 0 aromatic heterocycles. The lowest BCUT2D eigenvalue weighted by atomic mass is 9.80. The van der Waals surface area contributed by atoms with Crippen molar-refractivity contribution in [1.82, 2.24) is 0 Å². The number of ether oxygens (including phenoxy) is 2. The van der Waals surface area contributed by atoms with Crippen LogP contribution in [0.1, 0.15) is 44.9 Å². The Hall–Kier alpha value is -1.66. The summed E-state index contributed by atoms with van der Waals surface area (Å²) in [7, 11) is -6.53. The molecule has 1 unspecified atom stereocenters. The van der Waals surface area contributed by atoms with Gasteiger partial charge in [-0.05, 0) is 12.3 Å². The number of carbonyl (C=O) groups is 1. The maximum Gasteiger partial charge on any atom is 0.431 e. The number of halogens is 10. The molecule has 1 fully saturated rings. The quantitative estimate of drug-likeness (QED) is 0.111. The van der Waals surface area contributed by atoms with Crippen molar-refractivity contribution in [1.29, 1.82) is 0 Å². The van der Waals surface area contributed by atoms with Crippen LogP contribution in [0.5, 0.6) is 0 Å². The molecule has 1 aliphatic carbocycles. The molecule has 218 valence electrons. The molecule has 7 nitrogen and oxygen atoms in total. The molecule has 0 aliphatic heterocycles. The van der Waals surface area contributed by atoms with Gasteiger partial charge in [-0.15, -0.1) is 0 Å². The van der Waals surface area contributed by atoms with Crippen LogP contribution in [0, 0.1) is 5.92 Å². The molecule has 1 atom stereocenters. The highest BCUT2D eigenvalue weighted by atomic mass is 32.2. The van der Waals surface area contributed by atoms with Gasteiger partial charge in [-0.3, -0.25) is 4.55 Å². The van der Waals surface area contributed by atoms with Crippen LogP contribution in [0.4, 0.5) is 43.9 Å². The van der Waals surface area contributed by atoms with Gasteiger partial charge in [0, 0.05) is 6.42 Å². The van der Waals surface area contributed by atoms with Crippen LogP contribution in [0.15, 0.2) is 12.2 Å². The number of rotatable bonds is 12. The van der Waals surface area contributed by atoms with Crippen molar-refractivity contribution < 1.29 is 76.2 Å². The number of alkyl halides is 10. The molecule has 0 amide bonds. The third-order valence-corrected chi connectivity index (χ3v) is 6.67. The van der Waals surface area contributed by atoms with Crippen LogP contribution in [0.25, 0.3) is 0 Å². The molecule has 0 saturated heterocycles. The summed E-state index contributed by atoms with van der Waals surface area (Å²) in [5.41, 5.74) is -6.48. The summed E-state index contributed by atoms with van der Waals surface area (Å²) >= 11 is 0. The van der Waals surface area contributed by atoms with Gasteiger partial charge in [0.1, 0.15) is 6.10 Å². The van der Waals surface area contributed by atoms with Gasteiger partial charge in [0.2, 0.25) is 0 Å². The first kappa shape index (κ1) is 33.4. The van der Waals surface area contributed by atoms with Crippen molar-refractivity contribution in [2.75, 3.05) is 13.2 Å². The zero-order valence-corrected chi connectivity index (χ0v) is 19.7. The molecule has 37 heavy (non-hydrogen) atoms. The first-order valence-corrected chi connectivity index (χ1v) is 12.0. The predicted octanol–water partition coefficient (Wildman–Crippen LogP) is 4.80. The van der Waals surface area contributed by atoms with Crippen LogP contribution in [0.3, 0.4) is 0 Å². The van der Waals surface area contributed by atoms with E-state index in [4.69, 9.17) is 4.55 Å². The van der Waals surface area contributed by atoms with Gasteiger partial charge in [-0.2, -0.15) is 52.3 Å². The Balaban J connectivity index is 2.95. The predicted molar refractivity (Wildman–Crippen MR) is 104 cm³/mol. The van der Waals surface area contributed by atoms with E-state index < -0.39 is 88.9 Å². The van der Waals surface area contributed by atoms with Crippen LogP contribution in [-0.4, -0.2) is 72.5 Å². The Morgan fingerprint density at radius 1 is 0.946 bits per heavy atom. The van der Waals surface area contributed by atoms with Crippen LogP contribution < -0.4 is 0 Å². The van der Waals surface area contributed by atoms with Crippen molar-refractivity contribution in [3.05, 3.63) is 12.2 Å². The van der Waals surface area contributed by atoms with Gasteiger partial charge in [-0.1, -0.05) is 38.7 Å². The monoisotopic (exact) mass is 586 g/mol. The minimum absolute atomic E-state index is 0.201. The van der Waals surface area contributed by atoms with E-state index in [9.17, 15) is 62.2 Å². The van der Waals surface area contributed by atoms with Gasteiger partial charge in [0.15, 0.2) is 0 Å². The van der Waals surface area contributed by atoms with E-state index in [1.165, 1.54) is 0 Å². The largest absolute Gasteiger partial charge is 0.455 e. The maximum atomic E-state index is 13.4. The third kappa shape index (κ3) is 7.69. The molecular weight excluding hydrogens is 562 g/mol. The summed E-state index contributed by atoms with van der Waals surface area (Å²) in [5, 5.41) is 3.83. The summed E-state index contributed by atoms with van der Waals surface area (Å²) < 4.78 is 171. The fourth-order valence-corrected chi connectivity index (χ4v) is 4.04. The second kappa shape index (κ2) is 11.6. The Morgan fingerprint density at radius 3 is 1.86 bits per heavy atom. The number of hydrogen-bond acceptors (Lipinski definition) is 6. The van der Waals surface area contributed by atoms with E-state index in [1.807, 2.05) is 0 Å². The number of esters is 1. The highest BCUT2D eigenvalue weighted by molar-refractivity contribution is 7.87. The normalized spacial score (nSPS) is 17.9. The van der Waals surface area contributed by atoms with Gasteiger partial charge in [0.05, 0.1) is 18.8 Å². The summed E-state index contributed by atoms with van der Waals surface area (Å²) in [6.07, 6.45) is -16.9. The van der Waals surface area contributed by atoms with Crippen molar-refractivity contribution in [3.8, 4) is 0 Å². The van der Waals surface area contributed by atoms with Gasteiger partial charge in [0.25, 0.3) is 5.60 Å². The molecule has 2 N–H and O–H groups in total. The standard InChI is InChI=1S/C19H24F10O7S/c1-11(10-35-8-7-15(20,21)19(28,29)37(32,33)34)14(30)36-13(9-12-5-3-2-4-6-12)16(31,17(22,23)24)18(25,26)27/h12-13,31H,1-10H2,(H,32,33,34). The van der Waals surface area contributed by atoms with Gasteiger partial charge < -0.3 is 14.6 Å². The second-order valence-corrected chi connectivity index (χ2v) is 9.96. The van der Waals surface area contributed by atoms with Crippen molar-refractivity contribution >= 4 is 16.1 Å². The van der Waals surface area contributed by atoms with Crippen LogP contribution >= 0.6 is 0 Å². The van der Waals surface area contributed by atoms with Crippen molar-refractivity contribution in [2.24, 2.45) is 5.92 Å². The minimum atomic E-state index is -6.53. The second-order valence-electron chi connectivity index (χ2n) is 8.50. The van der Waals surface area contributed by atoms with Crippen LogP contribution in [-0.2, 0) is 24.4 Å². The first-order chi connectivity index (χ1) is 16.5. The lowest BCUT2D eigenvalue weighted by Gasteiger charge is -2.39. The molecule has 1 aliphatic rings. The van der Waals surface area contributed by atoms with E-state index in [1.54, 1.807) is 0 Å². The Bertz CT molecular complexity index is 895. The number of hydrogen-bond donors (Lipinski definition) is 2. The maximum absolute atomic E-state index is 13.4.